The Morgan fingerprint density at radius 3 is 2.72 bits per heavy atom. The molecule has 2 aromatic rings. The summed E-state index contributed by atoms with van der Waals surface area (Å²) in [6.07, 6.45) is 4.75. The fourth-order valence-electron chi connectivity index (χ4n) is 3.82. The van der Waals surface area contributed by atoms with E-state index in [-0.39, 0.29) is 12.1 Å². The van der Waals surface area contributed by atoms with E-state index in [1.165, 1.54) is 5.56 Å². The van der Waals surface area contributed by atoms with Gasteiger partial charge in [-0.2, -0.15) is 0 Å². The molecule has 2 saturated heterocycles. The van der Waals surface area contributed by atoms with E-state index in [0.29, 0.717) is 12.4 Å². The number of nitrogens with zero attached hydrogens (tertiary/aromatic N) is 1. The molecule has 2 aliphatic heterocycles. The molecule has 154 valence electrons. The number of aromatic nitrogens is 1. The van der Waals surface area contributed by atoms with Gasteiger partial charge in [0.05, 0.1) is 12.6 Å². The van der Waals surface area contributed by atoms with Crippen molar-refractivity contribution < 1.29 is 19.3 Å². The predicted molar refractivity (Wildman–Crippen MR) is 110 cm³/mol. The molecular formula is C23H28N2O4. The number of aliphatic hydroxyl groups is 1. The van der Waals surface area contributed by atoms with Gasteiger partial charge in [-0.15, -0.1) is 0 Å². The molecule has 6 nitrogen and oxygen atoms in total. The van der Waals surface area contributed by atoms with Crippen molar-refractivity contribution in [1.29, 1.82) is 0 Å². The van der Waals surface area contributed by atoms with Crippen molar-refractivity contribution >= 4 is 6.08 Å². The van der Waals surface area contributed by atoms with Crippen molar-refractivity contribution in [3.05, 3.63) is 71.7 Å². The summed E-state index contributed by atoms with van der Waals surface area (Å²) < 4.78 is 17.8. The first-order chi connectivity index (χ1) is 14.0. The second kappa shape index (κ2) is 8.63. The number of pyridine rings is 1. The highest BCUT2D eigenvalue weighted by molar-refractivity contribution is 5.52. The van der Waals surface area contributed by atoms with Crippen molar-refractivity contribution in [2.24, 2.45) is 0 Å². The third kappa shape index (κ3) is 4.85. The zero-order valence-electron chi connectivity index (χ0n) is 16.8. The molecule has 0 bridgehead atoms. The van der Waals surface area contributed by atoms with Gasteiger partial charge < -0.3 is 24.6 Å². The number of ether oxygens (including phenoxy) is 3. The largest absolute Gasteiger partial charge is 0.487 e. The van der Waals surface area contributed by atoms with E-state index in [9.17, 15) is 5.11 Å². The average molecular weight is 396 g/mol. The standard InChI is InChI=1S/C23H28N2O4/c1-23(2)27-15-19(29-23)22-21(26)20(25-12-10-16-7-4-3-5-8-16)18(28-22)13-17-9-6-11-24-14-17/h3-9,11,13-14,19-22,25-26H,10,12,15H2,1-2H3/b18-13-/t19-,20+,21-,22-/m1/s1. The number of hydrogen-bond donors (Lipinski definition) is 2. The van der Waals surface area contributed by atoms with E-state index in [2.05, 4.69) is 22.4 Å². The molecule has 2 aliphatic rings. The smallest absolute Gasteiger partial charge is 0.163 e. The Hall–Kier alpha value is -2.25. The summed E-state index contributed by atoms with van der Waals surface area (Å²) in [5, 5.41) is 14.5. The molecule has 0 aliphatic carbocycles. The molecule has 1 aromatic carbocycles. The Morgan fingerprint density at radius 1 is 1.21 bits per heavy atom. The maximum atomic E-state index is 11.0. The molecule has 0 amide bonds. The molecule has 0 spiro atoms. The van der Waals surface area contributed by atoms with E-state index in [4.69, 9.17) is 14.2 Å². The van der Waals surface area contributed by atoms with Crippen LogP contribution in [-0.2, 0) is 20.6 Å². The van der Waals surface area contributed by atoms with Crippen LogP contribution >= 0.6 is 0 Å². The number of benzene rings is 1. The number of nitrogens with one attached hydrogen (secondary N) is 1. The molecule has 0 saturated carbocycles. The Kier molecular flexibility index (Phi) is 5.96. The molecule has 6 heteroatoms. The van der Waals surface area contributed by atoms with Crippen LogP contribution < -0.4 is 5.32 Å². The topological polar surface area (TPSA) is 72.8 Å². The molecule has 0 unspecified atom stereocenters. The first-order valence-electron chi connectivity index (χ1n) is 10.1. The van der Waals surface area contributed by atoms with Gasteiger partial charge in [-0.05, 0) is 50.1 Å². The monoisotopic (exact) mass is 396 g/mol. The molecule has 3 heterocycles. The van der Waals surface area contributed by atoms with Crippen molar-refractivity contribution in [2.75, 3.05) is 13.2 Å². The molecule has 29 heavy (non-hydrogen) atoms. The highest BCUT2D eigenvalue weighted by atomic mass is 16.8. The van der Waals surface area contributed by atoms with E-state index in [1.54, 1.807) is 12.4 Å². The van der Waals surface area contributed by atoms with Gasteiger partial charge in [-0.3, -0.25) is 4.98 Å². The lowest BCUT2D eigenvalue weighted by molar-refractivity contribution is -0.156. The van der Waals surface area contributed by atoms with Gasteiger partial charge >= 0.3 is 0 Å². The van der Waals surface area contributed by atoms with E-state index in [1.807, 2.05) is 50.3 Å². The lowest BCUT2D eigenvalue weighted by Gasteiger charge is -2.23. The Balaban J connectivity index is 1.49. The maximum Gasteiger partial charge on any atom is 0.163 e. The van der Waals surface area contributed by atoms with Gasteiger partial charge in [-0.25, -0.2) is 0 Å². The van der Waals surface area contributed by atoms with E-state index in [0.717, 1.165) is 18.5 Å². The molecule has 0 radical (unpaired) electrons. The second-order valence-corrected chi connectivity index (χ2v) is 7.94. The van der Waals surface area contributed by atoms with Crippen molar-refractivity contribution in [2.45, 2.75) is 50.4 Å². The van der Waals surface area contributed by atoms with Crippen molar-refractivity contribution in [1.82, 2.24) is 10.3 Å². The molecule has 2 fully saturated rings. The Morgan fingerprint density at radius 2 is 2.03 bits per heavy atom. The number of rotatable bonds is 6. The van der Waals surface area contributed by atoms with Crippen LogP contribution in [0.1, 0.15) is 25.0 Å². The first-order valence-corrected chi connectivity index (χ1v) is 10.1. The average Bonchev–Trinajstić information content (AvgIpc) is 3.23. The minimum absolute atomic E-state index is 0.321. The van der Waals surface area contributed by atoms with Crippen LogP contribution in [0.4, 0.5) is 0 Å². The molecule has 2 N–H and O–H groups in total. The summed E-state index contributed by atoms with van der Waals surface area (Å²) in [5.41, 5.74) is 2.17. The van der Waals surface area contributed by atoms with Crippen molar-refractivity contribution in [3.63, 3.8) is 0 Å². The third-order valence-corrected chi connectivity index (χ3v) is 5.27. The van der Waals surface area contributed by atoms with Gasteiger partial charge in [0, 0.05) is 12.4 Å². The molecular weight excluding hydrogens is 368 g/mol. The summed E-state index contributed by atoms with van der Waals surface area (Å²) >= 11 is 0. The van der Waals surface area contributed by atoms with Gasteiger partial charge in [0.25, 0.3) is 0 Å². The van der Waals surface area contributed by atoms with E-state index >= 15 is 0 Å². The summed E-state index contributed by atoms with van der Waals surface area (Å²) in [5.74, 6) is 0.0247. The molecule has 1 aromatic heterocycles. The van der Waals surface area contributed by atoms with Gasteiger partial charge in [0.15, 0.2) is 11.9 Å². The summed E-state index contributed by atoms with van der Waals surface area (Å²) in [7, 11) is 0. The highest BCUT2D eigenvalue weighted by Crippen LogP contribution is 2.34. The fourth-order valence-corrected chi connectivity index (χ4v) is 3.82. The normalized spacial score (nSPS) is 29.8. The fraction of sp³-hybridized carbons (Fsp3) is 0.435. The quantitative estimate of drug-likeness (QED) is 0.782. The van der Waals surface area contributed by atoms with Crippen molar-refractivity contribution in [3.8, 4) is 0 Å². The zero-order chi connectivity index (χ0) is 20.3. The van der Waals surface area contributed by atoms with E-state index < -0.39 is 18.0 Å². The SMILES string of the molecule is CC1(C)OC[C@H]([C@H]2O/C(=C\c3cccnc3)[C@H](NCCc3ccccc3)[C@H]2O)O1. The summed E-state index contributed by atoms with van der Waals surface area (Å²) in [6.45, 7) is 4.86. The number of hydrogen-bond acceptors (Lipinski definition) is 6. The van der Waals surface area contributed by atoms with Crippen LogP contribution in [0.15, 0.2) is 60.6 Å². The lowest BCUT2D eigenvalue weighted by Crippen LogP contribution is -2.45. The lowest BCUT2D eigenvalue weighted by atomic mass is 10.0. The number of aliphatic hydroxyl groups excluding tert-OH is 1. The molecule has 4 rings (SSSR count). The molecule has 4 atom stereocenters. The predicted octanol–water partition coefficient (Wildman–Crippen LogP) is 2.53. The van der Waals surface area contributed by atoms with Gasteiger partial charge in [0.2, 0.25) is 0 Å². The summed E-state index contributed by atoms with van der Waals surface area (Å²) in [6, 6.07) is 13.8. The van der Waals surface area contributed by atoms with Gasteiger partial charge in [0.1, 0.15) is 18.0 Å². The van der Waals surface area contributed by atoms with Gasteiger partial charge in [-0.1, -0.05) is 36.4 Å². The zero-order valence-corrected chi connectivity index (χ0v) is 16.8. The highest BCUT2D eigenvalue weighted by Gasteiger charge is 2.49. The van der Waals surface area contributed by atoms with Crippen LogP contribution in [0, 0.1) is 0 Å². The van der Waals surface area contributed by atoms with Crippen LogP contribution in [0.2, 0.25) is 0 Å². The minimum Gasteiger partial charge on any atom is -0.487 e. The Bertz CT molecular complexity index is 825. The minimum atomic E-state index is -0.740. The van der Waals surface area contributed by atoms with Crippen LogP contribution in [0.3, 0.4) is 0 Å². The Labute approximate surface area is 171 Å². The van der Waals surface area contributed by atoms with Crippen LogP contribution in [0.5, 0.6) is 0 Å². The second-order valence-electron chi connectivity index (χ2n) is 7.94. The van der Waals surface area contributed by atoms with Crippen LogP contribution in [-0.4, -0.2) is 53.4 Å². The third-order valence-electron chi connectivity index (χ3n) is 5.27. The maximum absolute atomic E-state index is 11.0. The van der Waals surface area contributed by atoms with Crippen LogP contribution in [0.25, 0.3) is 6.08 Å². The first kappa shape index (κ1) is 20.0. The summed E-state index contributed by atoms with van der Waals surface area (Å²) in [4.78, 5) is 4.16.